The molecule has 0 aliphatic heterocycles. The van der Waals surface area contributed by atoms with E-state index in [2.05, 4.69) is 33.0 Å². The molecule has 0 bridgehead atoms. The van der Waals surface area contributed by atoms with Crippen LogP contribution in [0.25, 0.3) is 5.69 Å². The average molecular weight is 339 g/mol. The highest BCUT2D eigenvalue weighted by Crippen LogP contribution is 2.11. The maximum atomic E-state index is 12.2. The van der Waals surface area contributed by atoms with Gasteiger partial charge in [-0.1, -0.05) is 36.4 Å². The van der Waals surface area contributed by atoms with Crippen molar-refractivity contribution in [3.05, 3.63) is 72.1 Å². The summed E-state index contributed by atoms with van der Waals surface area (Å²) in [6.45, 7) is 0.630. The van der Waals surface area contributed by atoms with Crippen molar-refractivity contribution in [2.75, 3.05) is 12.3 Å². The molecule has 122 valence electrons. The Kier molecular flexibility index (Phi) is 5.57. The van der Waals surface area contributed by atoms with Gasteiger partial charge in [0, 0.05) is 23.6 Å². The van der Waals surface area contributed by atoms with Gasteiger partial charge in [-0.05, 0) is 34.2 Å². The molecule has 6 nitrogen and oxygen atoms in total. The summed E-state index contributed by atoms with van der Waals surface area (Å²) in [5, 5.41) is 14.0. The third-order valence-corrected chi connectivity index (χ3v) is 4.40. The van der Waals surface area contributed by atoms with E-state index in [9.17, 15) is 4.79 Å². The third kappa shape index (κ3) is 4.42. The van der Waals surface area contributed by atoms with Gasteiger partial charge < -0.3 is 5.32 Å². The predicted molar refractivity (Wildman–Crippen MR) is 94.1 cm³/mol. The third-order valence-electron chi connectivity index (χ3n) is 3.37. The normalized spacial score (nSPS) is 10.5. The monoisotopic (exact) mass is 339 g/mol. The molecule has 0 spiro atoms. The highest BCUT2D eigenvalue weighted by Gasteiger charge is 2.07. The van der Waals surface area contributed by atoms with Gasteiger partial charge >= 0.3 is 0 Å². The Hall–Kier alpha value is -2.67. The number of tetrazole rings is 1. The number of hydrogen-bond acceptors (Lipinski definition) is 5. The second kappa shape index (κ2) is 8.26. The molecule has 2 aromatic carbocycles. The molecule has 0 fully saturated rings. The van der Waals surface area contributed by atoms with E-state index >= 15 is 0 Å². The summed E-state index contributed by atoms with van der Waals surface area (Å²) in [4.78, 5) is 12.2. The first-order valence-corrected chi connectivity index (χ1v) is 8.72. The Morgan fingerprint density at radius 3 is 2.79 bits per heavy atom. The molecule has 0 unspecified atom stereocenters. The number of rotatable bonds is 7. The van der Waals surface area contributed by atoms with Crippen LogP contribution in [-0.2, 0) is 5.75 Å². The lowest BCUT2D eigenvalue weighted by molar-refractivity contribution is 0.0956. The average Bonchev–Trinajstić information content (AvgIpc) is 3.17. The Labute approximate surface area is 144 Å². The SMILES string of the molecule is O=C(NCCSCc1ccccc1)c1cccc(-n2cnnn2)c1. The molecule has 0 saturated carbocycles. The van der Waals surface area contributed by atoms with E-state index in [0.717, 1.165) is 17.2 Å². The molecule has 3 rings (SSSR count). The van der Waals surface area contributed by atoms with Crippen LogP contribution < -0.4 is 5.32 Å². The first kappa shape index (κ1) is 16.2. The maximum Gasteiger partial charge on any atom is 0.251 e. The van der Waals surface area contributed by atoms with Gasteiger partial charge in [-0.25, -0.2) is 4.68 Å². The minimum absolute atomic E-state index is 0.0924. The van der Waals surface area contributed by atoms with Crippen LogP contribution >= 0.6 is 11.8 Å². The zero-order chi connectivity index (χ0) is 16.6. The molecule has 0 aliphatic carbocycles. The Balaban J connectivity index is 1.46. The minimum atomic E-state index is -0.0924. The van der Waals surface area contributed by atoms with Crippen LogP contribution in [0.5, 0.6) is 0 Å². The molecule has 1 N–H and O–H groups in total. The van der Waals surface area contributed by atoms with Gasteiger partial charge in [0.2, 0.25) is 0 Å². The van der Waals surface area contributed by atoms with Crippen molar-refractivity contribution in [3.63, 3.8) is 0 Å². The van der Waals surface area contributed by atoms with E-state index in [1.807, 2.05) is 30.3 Å². The molecule has 0 atom stereocenters. The fourth-order valence-corrected chi connectivity index (χ4v) is 2.99. The lowest BCUT2D eigenvalue weighted by atomic mass is 10.2. The summed E-state index contributed by atoms with van der Waals surface area (Å²) in [5.74, 6) is 1.73. The fraction of sp³-hybridized carbons (Fsp3) is 0.176. The van der Waals surface area contributed by atoms with Gasteiger partial charge in [-0.15, -0.1) is 5.10 Å². The van der Waals surface area contributed by atoms with E-state index in [1.165, 1.54) is 16.6 Å². The zero-order valence-electron chi connectivity index (χ0n) is 13.0. The Bertz CT molecular complexity index is 777. The lowest BCUT2D eigenvalue weighted by Crippen LogP contribution is -2.25. The molecule has 24 heavy (non-hydrogen) atoms. The van der Waals surface area contributed by atoms with Gasteiger partial charge in [-0.3, -0.25) is 4.79 Å². The Morgan fingerprint density at radius 2 is 2.00 bits per heavy atom. The number of nitrogens with zero attached hydrogens (tertiary/aromatic N) is 4. The molecule has 0 aliphatic rings. The van der Waals surface area contributed by atoms with Gasteiger partial charge in [0.05, 0.1) is 5.69 Å². The van der Waals surface area contributed by atoms with Crippen molar-refractivity contribution >= 4 is 17.7 Å². The lowest BCUT2D eigenvalue weighted by Gasteiger charge is -2.07. The van der Waals surface area contributed by atoms with E-state index in [1.54, 1.807) is 23.9 Å². The van der Waals surface area contributed by atoms with Crippen LogP contribution in [0.3, 0.4) is 0 Å². The molecule has 1 aromatic heterocycles. The number of carbonyl (C=O) groups excluding carboxylic acids is 1. The van der Waals surface area contributed by atoms with E-state index < -0.39 is 0 Å². The second-order valence-electron chi connectivity index (χ2n) is 5.10. The van der Waals surface area contributed by atoms with Crippen molar-refractivity contribution in [3.8, 4) is 5.69 Å². The van der Waals surface area contributed by atoms with E-state index in [-0.39, 0.29) is 5.91 Å². The zero-order valence-corrected chi connectivity index (χ0v) is 13.8. The van der Waals surface area contributed by atoms with Crippen LogP contribution in [0.2, 0.25) is 0 Å². The smallest absolute Gasteiger partial charge is 0.251 e. The van der Waals surface area contributed by atoms with Crippen LogP contribution in [0.1, 0.15) is 15.9 Å². The molecule has 0 saturated heterocycles. The van der Waals surface area contributed by atoms with Crippen LogP contribution in [0.4, 0.5) is 0 Å². The van der Waals surface area contributed by atoms with Crippen molar-refractivity contribution in [1.82, 2.24) is 25.5 Å². The standard InChI is InChI=1S/C17H17N5OS/c23-17(18-9-10-24-12-14-5-2-1-3-6-14)15-7-4-8-16(11-15)22-13-19-20-21-22/h1-8,11,13H,9-10,12H2,(H,18,23). The first-order chi connectivity index (χ1) is 11.8. The fourth-order valence-electron chi connectivity index (χ4n) is 2.17. The molecule has 3 aromatic rings. The first-order valence-electron chi connectivity index (χ1n) is 7.56. The number of carbonyl (C=O) groups is 1. The summed E-state index contributed by atoms with van der Waals surface area (Å²) in [5.41, 5.74) is 2.64. The number of hydrogen-bond donors (Lipinski definition) is 1. The van der Waals surface area contributed by atoms with Crippen LogP contribution in [0, 0.1) is 0 Å². The largest absolute Gasteiger partial charge is 0.351 e. The van der Waals surface area contributed by atoms with Crippen LogP contribution in [0.15, 0.2) is 60.9 Å². The molecular formula is C17H17N5OS. The van der Waals surface area contributed by atoms with Crippen molar-refractivity contribution in [2.45, 2.75) is 5.75 Å². The summed E-state index contributed by atoms with van der Waals surface area (Å²) >= 11 is 1.80. The molecular weight excluding hydrogens is 322 g/mol. The second-order valence-corrected chi connectivity index (χ2v) is 6.20. The van der Waals surface area contributed by atoms with Crippen molar-refractivity contribution in [1.29, 1.82) is 0 Å². The topological polar surface area (TPSA) is 72.7 Å². The summed E-state index contributed by atoms with van der Waals surface area (Å²) in [6, 6.07) is 17.5. The summed E-state index contributed by atoms with van der Waals surface area (Å²) < 4.78 is 1.52. The summed E-state index contributed by atoms with van der Waals surface area (Å²) in [7, 11) is 0. The molecule has 7 heteroatoms. The van der Waals surface area contributed by atoms with Crippen LogP contribution in [-0.4, -0.2) is 38.4 Å². The number of nitrogens with one attached hydrogen (secondary N) is 1. The predicted octanol–water partition coefficient (Wildman–Crippen LogP) is 2.33. The minimum Gasteiger partial charge on any atom is -0.351 e. The number of amides is 1. The number of thioether (sulfide) groups is 1. The highest BCUT2D eigenvalue weighted by atomic mass is 32.2. The molecule has 0 radical (unpaired) electrons. The number of benzene rings is 2. The number of aromatic nitrogens is 4. The van der Waals surface area contributed by atoms with E-state index in [0.29, 0.717) is 12.1 Å². The molecule has 1 amide bonds. The summed E-state index contributed by atoms with van der Waals surface area (Å²) in [6.07, 6.45) is 1.50. The van der Waals surface area contributed by atoms with Gasteiger partial charge in [-0.2, -0.15) is 11.8 Å². The quantitative estimate of drug-likeness (QED) is 0.669. The van der Waals surface area contributed by atoms with Crippen molar-refractivity contribution < 1.29 is 4.79 Å². The molecule has 1 heterocycles. The van der Waals surface area contributed by atoms with Gasteiger partial charge in [0.1, 0.15) is 6.33 Å². The van der Waals surface area contributed by atoms with E-state index in [4.69, 9.17) is 0 Å². The van der Waals surface area contributed by atoms with Crippen molar-refractivity contribution in [2.24, 2.45) is 0 Å². The highest BCUT2D eigenvalue weighted by molar-refractivity contribution is 7.98. The van der Waals surface area contributed by atoms with Gasteiger partial charge in [0.25, 0.3) is 5.91 Å². The van der Waals surface area contributed by atoms with Gasteiger partial charge in [0.15, 0.2) is 0 Å². The Morgan fingerprint density at radius 1 is 1.12 bits per heavy atom. The maximum absolute atomic E-state index is 12.2.